The summed E-state index contributed by atoms with van der Waals surface area (Å²) in [6.45, 7) is 2.59. The summed E-state index contributed by atoms with van der Waals surface area (Å²) in [6.07, 6.45) is 4.44. The fourth-order valence-corrected chi connectivity index (χ4v) is 1.90. The lowest BCUT2D eigenvalue weighted by molar-refractivity contribution is 0.526. The molecule has 0 aromatic rings. The number of hydrogen-bond acceptors (Lipinski definition) is 1. The van der Waals surface area contributed by atoms with Gasteiger partial charge in [-0.15, -0.1) is 0 Å². The maximum atomic E-state index is 3.42. The van der Waals surface area contributed by atoms with Crippen LogP contribution in [0.25, 0.3) is 0 Å². The second kappa shape index (κ2) is 1.50. The number of nitrogens with one attached hydrogen (secondary N) is 1. The average Bonchev–Trinajstić information content (AvgIpc) is 2.07. The molecule has 0 saturated carbocycles. The van der Waals surface area contributed by atoms with Gasteiger partial charge in [0.1, 0.15) is 7.28 Å². The molecular formula is C6H12BN. The van der Waals surface area contributed by atoms with E-state index >= 15 is 0 Å². The van der Waals surface area contributed by atoms with Gasteiger partial charge in [0.15, 0.2) is 0 Å². The third-order valence-electron chi connectivity index (χ3n) is 2.75. The van der Waals surface area contributed by atoms with Crippen LogP contribution in [0.1, 0.15) is 12.8 Å². The molecule has 0 radical (unpaired) electrons. The summed E-state index contributed by atoms with van der Waals surface area (Å²) in [5.41, 5.74) is 0. The molecule has 0 aliphatic carbocycles. The molecule has 1 N–H and O–H groups in total. The van der Waals surface area contributed by atoms with Gasteiger partial charge in [-0.2, -0.15) is 0 Å². The van der Waals surface area contributed by atoms with E-state index in [1.54, 1.807) is 0 Å². The molecule has 2 heterocycles. The Bertz CT molecular complexity index is 90.7. The highest BCUT2D eigenvalue weighted by atomic mass is 14.9. The van der Waals surface area contributed by atoms with Crippen molar-refractivity contribution >= 4 is 7.28 Å². The molecule has 2 aliphatic heterocycles. The maximum absolute atomic E-state index is 3.42. The Hall–Kier alpha value is 0.0249. The van der Waals surface area contributed by atoms with E-state index in [1.807, 2.05) is 0 Å². The maximum Gasteiger partial charge on any atom is 0.129 e. The van der Waals surface area contributed by atoms with E-state index < -0.39 is 0 Å². The first kappa shape index (κ1) is 4.86. The Balaban J connectivity index is 2.01. The molecule has 0 bridgehead atoms. The smallest absolute Gasteiger partial charge is 0.129 e. The molecule has 1 atom stereocenters. The van der Waals surface area contributed by atoms with Crippen molar-refractivity contribution in [1.29, 1.82) is 0 Å². The van der Waals surface area contributed by atoms with Crippen molar-refractivity contribution in [1.82, 2.24) is 5.32 Å². The zero-order chi connectivity index (χ0) is 5.45. The van der Waals surface area contributed by atoms with Gasteiger partial charge < -0.3 is 5.32 Å². The Labute approximate surface area is 51.1 Å². The van der Waals surface area contributed by atoms with Gasteiger partial charge >= 0.3 is 0 Å². The molecule has 0 aromatic heterocycles. The van der Waals surface area contributed by atoms with Crippen LogP contribution in [-0.2, 0) is 0 Å². The summed E-state index contributed by atoms with van der Waals surface area (Å²) >= 11 is 0. The molecule has 0 amide bonds. The number of hydrogen-bond donors (Lipinski definition) is 1. The minimum atomic E-state index is 0.806. The van der Waals surface area contributed by atoms with E-state index in [0.717, 1.165) is 5.31 Å². The fraction of sp³-hybridized carbons (Fsp3) is 1.00. The van der Waals surface area contributed by atoms with Crippen molar-refractivity contribution in [2.45, 2.75) is 24.5 Å². The van der Waals surface area contributed by atoms with Gasteiger partial charge in [0.05, 0.1) is 0 Å². The molecule has 1 spiro atoms. The van der Waals surface area contributed by atoms with Crippen molar-refractivity contribution in [2.75, 3.05) is 13.1 Å². The summed E-state index contributed by atoms with van der Waals surface area (Å²) < 4.78 is 0. The molecular weight excluding hydrogens is 96.9 g/mol. The molecule has 2 fully saturated rings. The highest BCUT2D eigenvalue weighted by Gasteiger charge is 2.39. The lowest BCUT2D eigenvalue weighted by Gasteiger charge is -2.36. The van der Waals surface area contributed by atoms with Gasteiger partial charge in [-0.1, -0.05) is 12.7 Å². The lowest BCUT2D eigenvalue weighted by Crippen LogP contribution is -2.31. The van der Waals surface area contributed by atoms with Crippen LogP contribution in [0.4, 0.5) is 0 Å². The van der Waals surface area contributed by atoms with Crippen LogP contribution in [0.2, 0.25) is 11.6 Å². The van der Waals surface area contributed by atoms with Crippen LogP contribution in [0.15, 0.2) is 0 Å². The summed E-state index contributed by atoms with van der Waals surface area (Å²) in [5.74, 6) is 0. The minimum Gasteiger partial charge on any atom is -0.317 e. The van der Waals surface area contributed by atoms with Gasteiger partial charge in [-0.3, -0.25) is 0 Å². The Morgan fingerprint density at radius 3 is 2.50 bits per heavy atom. The van der Waals surface area contributed by atoms with Crippen LogP contribution in [0.5, 0.6) is 0 Å². The van der Waals surface area contributed by atoms with Crippen molar-refractivity contribution in [2.24, 2.45) is 0 Å². The molecule has 1 unspecified atom stereocenters. The summed E-state index contributed by atoms with van der Waals surface area (Å²) in [6, 6.07) is 0. The molecule has 8 heavy (non-hydrogen) atoms. The second-order valence-corrected chi connectivity index (χ2v) is 3.28. The molecule has 0 aromatic carbocycles. The van der Waals surface area contributed by atoms with E-state index in [1.165, 1.54) is 39.5 Å². The second-order valence-electron chi connectivity index (χ2n) is 3.28. The predicted molar refractivity (Wildman–Crippen MR) is 36.8 cm³/mol. The zero-order valence-electron chi connectivity index (χ0n) is 5.24. The fourth-order valence-electron chi connectivity index (χ4n) is 1.90. The third-order valence-corrected chi connectivity index (χ3v) is 2.75. The largest absolute Gasteiger partial charge is 0.317 e. The normalized spacial score (nSPS) is 44.0. The Morgan fingerprint density at radius 1 is 1.38 bits per heavy atom. The van der Waals surface area contributed by atoms with Crippen molar-refractivity contribution in [3.8, 4) is 0 Å². The average molecular weight is 109 g/mol. The van der Waals surface area contributed by atoms with Crippen LogP contribution in [-0.4, -0.2) is 20.4 Å². The molecule has 44 valence electrons. The van der Waals surface area contributed by atoms with Crippen LogP contribution in [0, 0.1) is 0 Å². The van der Waals surface area contributed by atoms with E-state index in [2.05, 4.69) is 5.32 Å². The lowest BCUT2D eigenvalue weighted by atomic mass is 9.37. The Morgan fingerprint density at radius 2 is 2.25 bits per heavy atom. The van der Waals surface area contributed by atoms with Crippen LogP contribution >= 0.6 is 0 Å². The van der Waals surface area contributed by atoms with E-state index in [4.69, 9.17) is 0 Å². The van der Waals surface area contributed by atoms with E-state index in [9.17, 15) is 0 Å². The summed E-state index contributed by atoms with van der Waals surface area (Å²) in [4.78, 5) is 0. The highest BCUT2D eigenvalue weighted by molar-refractivity contribution is 6.44. The summed E-state index contributed by atoms with van der Waals surface area (Å²) in [5, 5.41) is 4.22. The quantitative estimate of drug-likeness (QED) is 0.444. The molecule has 2 rings (SSSR count). The van der Waals surface area contributed by atoms with Gasteiger partial charge in [0, 0.05) is 0 Å². The van der Waals surface area contributed by atoms with Crippen molar-refractivity contribution < 1.29 is 0 Å². The molecule has 2 heteroatoms. The monoisotopic (exact) mass is 109 g/mol. The first-order chi connectivity index (χ1) is 3.91. The Kier molecular flexibility index (Phi) is 0.914. The summed E-state index contributed by atoms with van der Waals surface area (Å²) in [7, 11) is 1.50. The predicted octanol–water partition coefficient (Wildman–Crippen LogP) is 0.397. The van der Waals surface area contributed by atoms with Gasteiger partial charge in [0.25, 0.3) is 0 Å². The van der Waals surface area contributed by atoms with Gasteiger partial charge in [-0.05, 0) is 24.8 Å². The van der Waals surface area contributed by atoms with E-state index in [-0.39, 0.29) is 0 Å². The highest BCUT2D eigenvalue weighted by Crippen LogP contribution is 2.46. The van der Waals surface area contributed by atoms with Gasteiger partial charge in [0.2, 0.25) is 0 Å². The van der Waals surface area contributed by atoms with Crippen molar-refractivity contribution in [3.05, 3.63) is 0 Å². The standard InChI is InChI=1S/C6H12BN/c1-3-7-6(1)2-4-8-5-6/h7-8H,1-5H2. The topological polar surface area (TPSA) is 12.0 Å². The van der Waals surface area contributed by atoms with E-state index in [0.29, 0.717) is 0 Å². The minimum absolute atomic E-state index is 0.806. The van der Waals surface area contributed by atoms with Crippen LogP contribution < -0.4 is 5.32 Å². The zero-order valence-corrected chi connectivity index (χ0v) is 5.24. The number of rotatable bonds is 0. The van der Waals surface area contributed by atoms with Gasteiger partial charge in [-0.25, -0.2) is 0 Å². The van der Waals surface area contributed by atoms with Crippen molar-refractivity contribution in [3.63, 3.8) is 0 Å². The van der Waals surface area contributed by atoms with Crippen LogP contribution in [0.3, 0.4) is 0 Å². The molecule has 1 nitrogen and oxygen atoms in total. The third kappa shape index (κ3) is 0.525. The first-order valence-electron chi connectivity index (χ1n) is 3.62. The SMILES string of the molecule is B1CCC12CCNC2. The first-order valence-corrected chi connectivity index (χ1v) is 3.62. The molecule has 2 aliphatic rings. The molecule has 2 saturated heterocycles.